The zero-order valence-electron chi connectivity index (χ0n) is 20.4. The van der Waals surface area contributed by atoms with Gasteiger partial charge in [-0.25, -0.2) is 9.07 Å². The normalized spacial score (nSPS) is 15.0. The summed E-state index contributed by atoms with van der Waals surface area (Å²) in [6.45, 7) is 3.73. The highest BCUT2D eigenvalue weighted by Gasteiger charge is 2.31. The average molecular weight is 489 g/mol. The second-order valence-corrected chi connectivity index (χ2v) is 8.69. The summed E-state index contributed by atoms with van der Waals surface area (Å²) < 4.78 is 26.5. The Morgan fingerprint density at radius 1 is 0.861 bits per heavy atom. The minimum absolute atomic E-state index is 0.210. The van der Waals surface area contributed by atoms with Gasteiger partial charge in [-0.15, -0.1) is 5.10 Å². The summed E-state index contributed by atoms with van der Waals surface area (Å²) in [5.74, 6) is 2.12. The number of anilines is 1. The summed E-state index contributed by atoms with van der Waals surface area (Å²) in [4.78, 5) is 4.69. The van der Waals surface area contributed by atoms with Crippen LogP contribution in [0.4, 0.5) is 10.1 Å². The Morgan fingerprint density at radius 2 is 1.58 bits per heavy atom. The highest BCUT2D eigenvalue weighted by molar-refractivity contribution is 5.58. The second kappa shape index (κ2) is 10.7. The maximum atomic E-state index is 13.8. The first-order valence-electron chi connectivity index (χ1n) is 11.9. The molecule has 186 valence electrons. The van der Waals surface area contributed by atoms with Crippen molar-refractivity contribution in [2.45, 2.75) is 12.6 Å². The fraction of sp³-hybridized carbons (Fsp3) is 0.296. The number of halogens is 1. The number of piperazine rings is 1. The molecule has 1 unspecified atom stereocenters. The van der Waals surface area contributed by atoms with Crippen molar-refractivity contribution >= 4 is 5.69 Å². The number of rotatable bonds is 8. The molecule has 1 aromatic heterocycles. The van der Waals surface area contributed by atoms with E-state index in [1.165, 1.54) is 12.1 Å². The standard InChI is InChI=1S/C27H29FN6O2/c1-35-23-13-7-20(8-14-23)19-34-27(29-30-31-34)26(21-9-11-22(28)12-10-21)33-17-15-32(16-18-33)24-5-3-4-6-25(24)36-2/h3-14,26H,15-19H2,1-2H3. The van der Waals surface area contributed by atoms with Crippen LogP contribution in [0.15, 0.2) is 72.8 Å². The van der Waals surface area contributed by atoms with E-state index in [4.69, 9.17) is 9.47 Å². The first kappa shape index (κ1) is 23.7. The minimum atomic E-state index is -0.267. The molecule has 8 nitrogen and oxygen atoms in total. The number of hydrogen-bond acceptors (Lipinski definition) is 7. The number of methoxy groups -OCH3 is 2. The van der Waals surface area contributed by atoms with E-state index in [0.717, 1.165) is 60.3 Å². The molecule has 5 rings (SSSR count). The van der Waals surface area contributed by atoms with Crippen LogP contribution in [0.5, 0.6) is 11.5 Å². The molecule has 1 atom stereocenters. The third-order valence-corrected chi connectivity index (χ3v) is 6.59. The van der Waals surface area contributed by atoms with Gasteiger partial charge in [0.25, 0.3) is 0 Å². The van der Waals surface area contributed by atoms with Crippen molar-refractivity contribution in [3.05, 3.63) is 95.6 Å². The van der Waals surface area contributed by atoms with Gasteiger partial charge in [0.05, 0.1) is 32.5 Å². The molecule has 4 aromatic rings. The predicted octanol–water partition coefficient (Wildman–Crippen LogP) is 3.79. The third-order valence-electron chi connectivity index (χ3n) is 6.59. The van der Waals surface area contributed by atoms with Gasteiger partial charge in [0.1, 0.15) is 17.3 Å². The quantitative estimate of drug-likeness (QED) is 0.374. The topological polar surface area (TPSA) is 68.5 Å². The number of benzene rings is 3. The van der Waals surface area contributed by atoms with Crippen LogP contribution in [-0.2, 0) is 6.54 Å². The van der Waals surface area contributed by atoms with Crippen LogP contribution in [0.25, 0.3) is 0 Å². The van der Waals surface area contributed by atoms with Crippen molar-refractivity contribution < 1.29 is 13.9 Å². The lowest BCUT2D eigenvalue weighted by molar-refractivity contribution is 0.201. The highest BCUT2D eigenvalue weighted by atomic mass is 19.1. The largest absolute Gasteiger partial charge is 0.497 e. The van der Waals surface area contributed by atoms with Crippen molar-refractivity contribution in [1.29, 1.82) is 0 Å². The summed E-state index contributed by atoms with van der Waals surface area (Å²) in [7, 11) is 3.34. The van der Waals surface area contributed by atoms with Gasteiger partial charge in [-0.05, 0) is 58.0 Å². The molecule has 1 aliphatic rings. The molecule has 0 aliphatic carbocycles. The van der Waals surface area contributed by atoms with Crippen LogP contribution < -0.4 is 14.4 Å². The van der Waals surface area contributed by atoms with Crippen molar-refractivity contribution in [2.24, 2.45) is 0 Å². The van der Waals surface area contributed by atoms with Gasteiger partial charge < -0.3 is 14.4 Å². The van der Waals surface area contributed by atoms with E-state index in [2.05, 4.69) is 31.4 Å². The molecule has 2 heterocycles. The Morgan fingerprint density at radius 3 is 2.28 bits per heavy atom. The van der Waals surface area contributed by atoms with Crippen LogP contribution in [-0.4, -0.2) is 65.5 Å². The predicted molar refractivity (Wildman–Crippen MR) is 135 cm³/mol. The molecule has 9 heteroatoms. The molecule has 1 saturated heterocycles. The fourth-order valence-corrected chi connectivity index (χ4v) is 4.70. The number of hydrogen-bond donors (Lipinski definition) is 0. The van der Waals surface area contributed by atoms with E-state index in [9.17, 15) is 4.39 Å². The van der Waals surface area contributed by atoms with Crippen molar-refractivity contribution in [1.82, 2.24) is 25.1 Å². The average Bonchev–Trinajstić information content (AvgIpc) is 3.38. The SMILES string of the molecule is COc1ccc(Cn2nnnc2C(c2ccc(F)cc2)N2CCN(c3ccccc3OC)CC2)cc1. The monoisotopic (exact) mass is 488 g/mol. The zero-order chi connectivity index (χ0) is 24.9. The summed E-state index contributed by atoms with van der Waals surface area (Å²) in [6, 6.07) is 22.3. The van der Waals surface area contributed by atoms with E-state index < -0.39 is 0 Å². The van der Waals surface area contributed by atoms with E-state index in [1.807, 2.05) is 59.3 Å². The molecule has 0 amide bonds. The summed E-state index contributed by atoms with van der Waals surface area (Å²) in [5, 5.41) is 12.7. The van der Waals surface area contributed by atoms with Gasteiger partial charge in [-0.1, -0.05) is 36.4 Å². The molecule has 3 aromatic carbocycles. The Labute approximate surface area is 209 Å². The number of ether oxygens (including phenoxy) is 2. The Balaban J connectivity index is 1.41. The molecule has 1 aliphatic heterocycles. The Hall–Kier alpha value is -3.98. The first-order valence-corrected chi connectivity index (χ1v) is 11.9. The van der Waals surface area contributed by atoms with Gasteiger partial charge in [-0.2, -0.15) is 0 Å². The van der Waals surface area contributed by atoms with Crippen molar-refractivity contribution in [3.63, 3.8) is 0 Å². The third kappa shape index (κ3) is 5.01. The minimum Gasteiger partial charge on any atom is -0.497 e. The van der Waals surface area contributed by atoms with Gasteiger partial charge in [0, 0.05) is 26.2 Å². The summed E-state index contributed by atoms with van der Waals surface area (Å²) >= 11 is 0. The molecule has 0 spiro atoms. The van der Waals surface area contributed by atoms with Crippen LogP contribution in [0.2, 0.25) is 0 Å². The Kier molecular flexibility index (Phi) is 7.08. The molecule has 1 fully saturated rings. The molecular weight excluding hydrogens is 459 g/mol. The lowest BCUT2D eigenvalue weighted by Crippen LogP contribution is -2.48. The smallest absolute Gasteiger partial charge is 0.173 e. The molecule has 0 N–H and O–H groups in total. The molecule has 0 radical (unpaired) electrons. The highest BCUT2D eigenvalue weighted by Crippen LogP contribution is 2.32. The lowest BCUT2D eigenvalue weighted by Gasteiger charge is -2.40. The second-order valence-electron chi connectivity index (χ2n) is 8.69. The van der Waals surface area contributed by atoms with Crippen LogP contribution in [0, 0.1) is 5.82 Å². The first-order chi connectivity index (χ1) is 17.7. The summed E-state index contributed by atoms with van der Waals surface area (Å²) in [6.07, 6.45) is 0. The van der Waals surface area contributed by atoms with Gasteiger partial charge in [0.15, 0.2) is 5.82 Å². The maximum Gasteiger partial charge on any atom is 0.173 e. The van der Waals surface area contributed by atoms with E-state index in [1.54, 1.807) is 14.2 Å². The van der Waals surface area contributed by atoms with Gasteiger partial charge in [0.2, 0.25) is 0 Å². The fourth-order valence-electron chi connectivity index (χ4n) is 4.70. The van der Waals surface area contributed by atoms with Gasteiger partial charge >= 0.3 is 0 Å². The van der Waals surface area contributed by atoms with E-state index in [-0.39, 0.29) is 11.9 Å². The number of tetrazole rings is 1. The van der Waals surface area contributed by atoms with Crippen molar-refractivity contribution in [3.8, 4) is 11.5 Å². The molecule has 0 saturated carbocycles. The van der Waals surface area contributed by atoms with Gasteiger partial charge in [-0.3, -0.25) is 4.90 Å². The molecular formula is C27H29FN6O2. The van der Waals surface area contributed by atoms with E-state index >= 15 is 0 Å². The summed E-state index contributed by atoms with van der Waals surface area (Å²) in [5.41, 5.74) is 3.10. The van der Waals surface area contributed by atoms with Crippen LogP contribution >= 0.6 is 0 Å². The molecule has 36 heavy (non-hydrogen) atoms. The lowest BCUT2D eigenvalue weighted by atomic mass is 10.0. The Bertz CT molecular complexity index is 1270. The number of nitrogens with zero attached hydrogens (tertiary/aromatic N) is 6. The zero-order valence-corrected chi connectivity index (χ0v) is 20.4. The van der Waals surface area contributed by atoms with Crippen LogP contribution in [0.3, 0.4) is 0 Å². The van der Waals surface area contributed by atoms with E-state index in [0.29, 0.717) is 6.54 Å². The number of para-hydroxylation sites is 2. The van der Waals surface area contributed by atoms with Crippen LogP contribution in [0.1, 0.15) is 23.0 Å². The van der Waals surface area contributed by atoms with Crippen molar-refractivity contribution in [2.75, 3.05) is 45.3 Å². The number of aromatic nitrogens is 4. The maximum absolute atomic E-state index is 13.8. The molecule has 0 bridgehead atoms.